The van der Waals surface area contributed by atoms with Crippen molar-refractivity contribution >= 4 is 23.4 Å². The third-order valence-corrected chi connectivity index (χ3v) is 4.98. The van der Waals surface area contributed by atoms with Crippen molar-refractivity contribution < 1.29 is 22.8 Å². The van der Waals surface area contributed by atoms with Gasteiger partial charge in [-0.3, -0.25) is 9.59 Å². The number of piperazine rings is 1. The number of carbonyl (C=O) groups is 2. The van der Waals surface area contributed by atoms with Gasteiger partial charge in [-0.1, -0.05) is 23.7 Å². The van der Waals surface area contributed by atoms with Crippen molar-refractivity contribution in [1.82, 2.24) is 9.80 Å². The summed E-state index contributed by atoms with van der Waals surface area (Å²) in [6.45, 7) is 1.00. The molecule has 0 radical (unpaired) electrons. The Morgan fingerprint density at radius 2 is 1.46 bits per heavy atom. The molecule has 148 valence electrons. The van der Waals surface area contributed by atoms with E-state index < -0.39 is 28.9 Å². The van der Waals surface area contributed by atoms with Crippen molar-refractivity contribution in [2.45, 2.75) is 12.8 Å². The van der Waals surface area contributed by atoms with Gasteiger partial charge in [-0.15, -0.1) is 0 Å². The standard InChI is InChI=1S/C20H18ClF3N2O2/c21-14-4-1-13(2-5-14)3-8-17(27)25-9-11-26(12-10-25)20(28)15-6-7-16(22)19(24)18(15)23/h1-2,4-7H,3,8-12H2. The molecule has 2 aromatic carbocycles. The number of hydrogen-bond donors (Lipinski definition) is 0. The largest absolute Gasteiger partial charge is 0.339 e. The Balaban J connectivity index is 1.53. The number of hydrogen-bond acceptors (Lipinski definition) is 2. The monoisotopic (exact) mass is 410 g/mol. The normalized spacial score (nSPS) is 14.3. The summed E-state index contributed by atoms with van der Waals surface area (Å²) in [6, 6.07) is 8.92. The van der Waals surface area contributed by atoms with Crippen LogP contribution in [0.4, 0.5) is 13.2 Å². The summed E-state index contributed by atoms with van der Waals surface area (Å²) >= 11 is 5.84. The lowest BCUT2D eigenvalue weighted by atomic mass is 10.1. The molecule has 0 aromatic heterocycles. The van der Waals surface area contributed by atoms with E-state index in [1.165, 1.54) is 4.90 Å². The topological polar surface area (TPSA) is 40.6 Å². The third-order valence-electron chi connectivity index (χ3n) is 4.73. The minimum Gasteiger partial charge on any atom is -0.339 e. The molecule has 4 nitrogen and oxygen atoms in total. The molecule has 0 bridgehead atoms. The minimum absolute atomic E-state index is 0.0407. The fourth-order valence-electron chi connectivity index (χ4n) is 3.08. The molecule has 0 unspecified atom stereocenters. The first-order valence-electron chi connectivity index (χ1n) is 8.82. The maximum Gasteiger partial charge on any atom is 0.257 e. The van der Waals surface area contributed by atoms with E-state index in [9.17, 15) is 22.8 Å². The second kappa shape index (κ2) is 8.65. The Morgan fingerprint density at radius 1 is 0.857 bits per heavy atom. The average molecular weight is 411 g/mol. The van der Waals surface area contributed by atoms with Gasteiger partial charge >= 0.3 is 0 Å². The SMILES string of the molecule is O=C(CCc1ccc(Cl)cc1)N1CCN(C(=O)c2ccc(F)c(F)c2F)CC1. The van der Waals surface area contributed by atoms with Gasteiger partial charge in [0.25, 0.3) is 5.91 Å². The van der Waals surface area contributed by atoms with Crippen LogP contribution in [0, 0.1) is 17.5 Å². The number of carbonyl (C=O) groups excluding carboxylic acids is 2. The van der Waals surface area contributed by atoms with Gasteiger partial charge in [-0.05, 0) is 36.2 Å². The molecule has 2 amide bonds. The lowest BCUT2D eigenvalue weighted by Gasteiger charge is -2.35. The molecule has 2 aromatic rings. The zero-order chi connectivity index (χ0) is 20.3. The zero-order valence-corrected chi connectivity index (χ0v) is 15.7. The predicted molar refractivity (Wildman–Crippen MR) is 98.6 cm³/mol. The van der Waals surface area contributed by atoms with Crippen LogP contribution in [-0.2, 0) is 11.2 Å². The quantitative estimate of drug-likeness (QED) is 0.721. The Labute approximate surface area is 165 Å². The van der Waals surface area contributed by atoms with Gasteiger partial charge in [0.15, 0.2) is 17.5 Å². The van der Waals surface area contributed by atoms with Gasteiger partial charge in [0.1, 0.15) is 0 Å². The van der Waals surface area contributed by atoms with Crippen LogP contribution in [0.2, 0.25) is 5.02 Å². The second-order valence-corrected chi connectivity index (χ2v) is 6.96. The molecule has 0 aliphatic carbocycles. The number of aryl methyl sites for hydroxylation is 1. The number of halogens is 4. The van der Waals surface area contributed by atoms with E-state index in [4.69, 9.17) is 11.6 Å². The molecule has 0 atom stereocenters. The Morgan fingerprint density at radius 3 is 2.11 bits per heavy atom. The predicted octanol–water partition coefficient (Wildman–Crippen LogP) is 3.67. The molecule has 1 aliphatic rings. The van der Waals surface area contributed by atoms with Crippen molar-refractivity contribution in [2.75, 3.05) is 26.2 Å². The van der Waals surface area contributed by atoms with Crippen molar-refractivity contribution in [1.29, 1.82) is 0 Å². The van der Waals surface area contributed by atoms with E-state index in [1.54, 1.807) is 17.0 Å². The summed E-state index contributed by atoms with van der Waals surface area (Å²) in [6.07, 6.45) is 0.905. The van der Waals surface area contributed by atoms with Gasteiger partial charge in [0, 0.05) is 37.6 Å². The van der Waals surface area contributed by atoms with Crippen LogP contribution in [-0.4, -0.2) is 47.8 Å². The molecule has 0 N–H and O–H groups in total. The van der Waals surface area contributed by atoms with Crippen LogP contribution in [0.5, 0.6) is 0 Å². The molecule has 0 spiro atoms. The van der Waals surface area contributed by atoms with Crippen LogP contribution < -0.4 is 0 Å². The summed E-state index contributed by atoms with van der Waals surface area (Å²) in [7, 11) is 0. The summed E-state index contributed by atoms with van der Waals surface area (Å²) in [5.41, 5.74) is 0.488. The highest BCUT2D eigenvalue weighted by atomic mass is 35.5. The number of nitrogens with zero attached hydrogens (tertiary/aromatic N) is 2. The summed E-state index contributed by atoms with van der Waals surface area (Å²) in [5.74, 6) is -5.26. The van der Waals surface area contributed by atoms with E-state index in [0.29, 0.717) is 31.0 Å². The van der Waals surface area contributed by atoms with E-state index in [2.05, 4.69) is 0 Å². The van der Waals surface area contributed by atoms with Gasteiger partial charge in [-0.2, -0.15) is 0 Å². The molecule has 0 saturated carbocycles. The highest BCUT2D eigenvalue weighted by Gasteiger charge is 2.27. The Bertz CT molecular complexity index is 882. The summed E-state index contributed by atoms with van der Waals surface area (Å²) < 4.78 is 40.2. The number of rotatable bonds is 4. The first kappa shape index (κ1) is 20.2. The van der Waals surface area contributed by atoms with Crippen molar-refractivity contribution in [3.8, 4) is 0 Å². The van der Waals surface area contributed by atoms with E-state index >= 15 is 0 Å². The Kier molecular flexibility index (Phi) is 6.24. The third kappa shape index (κ3) is 4.47. The van der Waals surface area contributed by atoms with Crippen LogP contribution in [0.25, 0.3) is 0 Å². The maximum atomic E-state index is 13.8. The van der Waals surface area contributed by atoms with Crippen molar-refractivity contribution in [3.05, 3.63) is 70.0 Å². The molecule has 1 fully saturated rings. The molecular weight excluding hydrogens is 393 g/mol. The minimum atomic E-state index is -1.66. The van der Waals surface area contributed by atoms with Gasteiger partial charge in [0.2, 0.25) is 5.91 Å². The highest BCUT2D eigenvalue weighted by molar-refractivity contribution is 6.30. The first-order valence-corrected chi connectivity index (χ1v) is 9.19. The molecule has 1 aliphatic heterocycles. The fraction of sp³-hybridized carbons (Fsp3) is 0.300. The van der Waals surface area contributed by atoms with Crippen LogP contribution in [0.1, 0.15) is 22.3 Å². The molecular formula is C20H18ClF3N2O2. The average Bonchev–Trinajstić information content (AvgIpc) is 2.71. The van der Waals surface area contributed by atoms with Crippen LogP contribution in [0.3, 0.4) is 0 Å². The van der Waals surface area contributed by atoms with Crippen molar-refractivity contribution in [3.63, 3.8) is 0 Å². The highest BCUT2D eigenvalue weighted by Crippen LogP contribution is 2.18. The smallest absolute Gasteiger partial charge is 0.257 e. The van der Waals surface area contributed by atoms with E-state index in [0.717, 1.165) is 17.7 Å². The first-order chi connectivity index (χ1) is 13.4. The van der Waals surface area contributed by atoms with Crippen molar-refractivity contribution in [2.24, 2.45) is 0 Å². The number of amides is 2. The lowest BCUT2D eigenvalue weighted by Crippen LogP contribution is -2.50. The fourth-order valence-corrected chi connectivity index (χ4v) is 3.21. The number of benzene rings is 2. The summed E-state index contributed by atoms with van der Waals surface area (Å²) in [5, 5.41) is 0.633. The lowest BCUT2D eigenvalue weighted by molar-refractivity contribution is -0.132. The van der Waals surface area contributed by atoms with E-state index in [-0.39, 0.29) is 19.0 Å². The van der Waals surface area contributed by atoms with Crippen LogP contribution >= 0.6 is 11.6 Å². The maximum absolute atomic E-state index is 13.8. The van der Waals surface area contributed by atoms with Gasteiger partial charge < -0.3 is 9.80 Å². The van der Waals surface area contributed by atoms with E-state index in [1.807, 2.05) is 12.1 Å². The van der Waals surface area contributed by atoms with Gasteiger partial charge in [-0.25, -0.2) is 13.2 Å². The molecule has 1 heterocycles. The van der Waals surface area contributed by atoms with Gasteiger partial charge in [0.05, 0.1) is 5.56 Å². The second-order valence-electron chi connectivity index (χ2n) is 6.52. The van der Waals surface area contributed by atoms with Crippen LogP contribution in [0.15, 0.2) is 36.4 Å². The molecule has 28 heavy (non-hydrogen) atoms. The summed E-state index contributed by atoms with van der Waals surface area (Å²) in [4.78, 5) is 27.7. The molecule has 8 heteroatoms. The Hall–Kier alpha value is -2.54. The molecule has 3 rings (SSSR count). The molecule has 1 saturated heterocycles. The zero-order valence-electron chi connectivity index (χ0n) is 14.9.